The van der Waals surface area contributed by atoms with E-state index in [0.717, 1.165) is 18.5 Å². The highest BCUT2D eigenvalue weighted by molar-refractivity contribution is 9.10. The van der Waals surface area contributed by atoms with E-state index in [0.29, 0.717) is 11.0 Å². The number of nitrogen functional groups attached to an aromatic ring is 1. The van der Waals surface area contributed by atoms with Crippen LogP contribution in [0.25, 0.3) is 0 Å². The molecule has 94 valence electrons. The average Bonchev–Trinajstić information content (AvgIpc) is 2.37. The summed E-state index contributed by atoms with van der Waals surface area (Å²) in [4.78, 5) is 15.7. The van der Waals surface area contributed by atoms with Crippen molar-refractivity contribution in [3.05, 3.63) is 57.2 Å². The number of nitrogens with zero attached hydrogens (tertiary/aromatic N) is 2. The maximum absolute atomic E-state index is 11.7. The van der Waals surface area contributed by atoms with Crippen LogP contribution in [0, 0.1) is 0 Å². The SMILES string of the molecule is Nc1ccc(CCCn2cncc(Br)c2=O)cc1. The van der Waals surface area contributed by atoms with Crippen LogP contribution in [0.2, 0.25) is 0 Å². The third kappa shape index (κ3) is 3.20. The van der Waals surface area contributed by atoms with Gasteiger partial charge in [0.05, 0.1) is 6.33 Å². The van der Waals surface area contributed by atoms with Gasteiger partial charge in [-0.25, -0.2) is 4.98 Å². The molecule has 0 aliphatic carbocycles. The summed E-state index contributed by atoms with van der Waals surface area (Å²) in [7, 11) is 0. The number of hydrogen-bond acceptors (Lipinski definition) is 3. The van der Waals surface area contributed by atoms with Crippen LogP contribution in [-0.2, 0) is 13.0 Å². The molecular weight excluding hydrogens is 294 g/mol. The van der Waals surface area contributed by atoms with Crippen LogP contribution in [-0.4, -0.2) is 9.55 Å². The second-order valence-electron chi connectivity index (χ2n) is 4.09. The van der Waals surface area contributed by atoms with E-state index in [-0.39, 0.29) is 5.56 Å². The van der Waals surface area contributed by atoms with Gasteiger partial charge in [0.2, 0.25) is 0 Å². The topological polar surface area (TPSA) is 60.9 Å². The van der Waals surface area contributed by atoms with Gasteiger partial charge in [-0.1, -0.05) is 12.1 Å². The number of aryl methyl sites for hydroxylation is 2. The van der Waals surface area contributed by atoms with Crippen LogP contribution in [0.3, 0.4) is 0 Å². The zero-order valence-corrected chi connectivity index (χ0v) is 11.4. The van der Waals surface area contributed by atoms with Crippen LogP contribution < -0.4 is 11.3 Å². The average molecular weight is 308 g/mol. The quantitative estimate of drug-likeness (QED) is 0.881. The molecule has 0 spiro atoms. The van der Waals surface area contributed by atoms with Gasteiger partial charge < -0.3 is 5.73 Å². The van der Waals surface area contributed by atoms with Crippen molar-refractivity contribution in [2.75, 3.05) is 5.73 Å². The van der Waals surface area contributed by atoms with Crippen molar-refractivity contribution in [3.8, 4) is 0 Å². The van der Waals surface area contributed by atoms with Crippen molar-refractivity contribution in [3.63, 3.8) is 0 Å². The van der Waals surface area contributed by atoms with Crippen LogP contribution in [0.4, 0.5) is 5.69 Å². The molecule has 0 bridgehead atoms. The van der Waals surface area contributed by atoms with Crippen LogP contribution in [0.15, 0.2) is 46.1 Å². The van der Waals surface area contributed by atoms with Crippen molar-refractivity contribution in [2.24, 2.45) is 0 Å². The molecule has 0 aliphatic rings. The normalized spacial score (nSPS) is 10.5. The first-order chi connectivity index (χ1) is 8.66. The molecule has 0 fully saturated rings. The molecule has 1 aromatic heterocycles. The van der Waals surface area contributed by atoms with Crippen LogP contribution in [0.5, 0.6) is 0 Å². The minimum absolute atomic E-state index is 0.0395. The molecule has 0 atom stereocenters. The van der Waals surface area contributed by atoms with E-state index in [2.05, 4.69) is 20.9 Å². The Hall–Kier alpha value is -1.62. The van der Waals surface area contributed by atoms with Crippen molar-refractivity contribution in [1.82, 2.24) is 9.55 Å². The van der Waals surface area contributed by atoms with Gasteiger partial charge in [0, 0.05) is 18.4 Å². The molecule has 0 radical (unpaired) electrons. The van der Waals surface area contributed by atoms with Gasteiger partial charge in [-0.15, -0.1) is 0 Å². The molecule has 0 saturated carbocycles. The highest BCUT2D eigenvalue weighted by Crippen LogP contribution is 2.08. The highest BCUT2D eigenvalue weighted by Gasteiger charge is 2.00. The Morgan fingerprint density at radius 3 is 2.72 bits per heavy atom. The van der Waals surface area contributed by atoms with Crippen molar-refractivity contribution >= 4 is 21.6 Å². The van der Waals surface area contributed by atoms with Gasteiger partial charge in [-0.05, 0) is 46.5 Å². The predicted octanol–water partition coefficient (Wildman–Crippen LogP) is 2.22. The van der Waals surface area contributed by atoms with E-state index in [1.54, 1.807) is 10.9 Å². The van der Waals surface area contributed by atoms with Crippen LogP contribution in [0.1, 0.15) is 12.0 Å². The third-order valence-electron chi connectivity index (χ3n) is 2.70. The Kier molecular flexibility index (Phi) is 4.15. The molecule has 0 saturated heterocycles. The van der Waals surface area contributed by atoms with Gasteiger partial charge in [-0.2, -0.15) is 0 Å². The Morgan fingerprint density at radius 1 is 1.28 bits per heavy atom. The van der Waals surface area contributed by atoms with E-state index in [1.165, 1.54) is 11.8 Å². The summed E-state index contributed by atoms with van der Waals surface area (Å²) in [6, 6.07) is 7.80. The number of anilines is 1. The number of aromatic nitrogens is 2. The van der Waals surface area contributed by atoms with E-state index >= 15 is 0 Å². The number of halogens is 1. The summed E-state index contributed by atoms with van der Waals surface area (Å²) in [5.74, 6) is 0. The highest BCUT2D eigenvalue weighted by atomic mass is 79.9. The zero-order valence-electron chi connectivity index (χ0n) is 9.84. The fourth-order valence-corrected chi connectivity index (χ4v) is 2.07. The fourth-order valence-electron chi connectivity index (χ4n) is 1.72. The van der Waals surface area contributed by atoms with Crippen molar-refractivity contribution < 1.29 is 0 Å². The monoisotopic (exact) mass is 307 g/mol. The number of nitrogens with two attached hydrogens (primary N) is 1. The Balaban J connectivity index is 1.94. The molecule has 0 amide bonds. The fraction of sp³-hybridized carbons (Fsp3) is 0.231. The molecule has 18 heavy (non-hydrogen) atoms. The molecule has 2 rings (SSSR count). The van der Waals surface area contributed by atoms with Gasteiger partial charge in [0.15, 0.2) is 0 Å². The molecular formula is C13H14BrN3O. The minimum Gasteiger partial charge on any atom is -0.399 e. The van der Waals surface area contributed by atoms with Gasteiger partial charge in [0.25, 0.3) is 5.56 Å². The Labute approximate surface area is 114 Å². The standard InChI is InChI=1S/C13H14BrN3O/c14-12-8-16-9-17(13(12)18)7-1-2-10-3-5-11(15)6-4-10/h3-6,8-9H,1-2,7,15H2. The van der Waals surface area contributed by atoms with E-state index in [9.17, 15) is 4.79 Å². The lowest BCUT2D eigenvalue weighted by molar-refractivity contribution is 0.609. The zero-order chi connectivity index (χ0) is 13.0. The summed E-state index contributed by atoms with van der Waals surface area (Å²) in [6.45, 7) is 0.662. The number of benzene rings is 1. The molecule has 0 unspecified atom stereocenters. The molecule has 2 aromatic rings. The third-order valence-corrected chi connectivity index (χ3v) is 3.25. The second-order valence-corrected chi connectivity index (χ2v) is 4.94. The summed E-state index contributed by atoms with van der Waals surface area (Å²) >= 11 is 3.18. The van der Waals surface area contributed by atoms with Gasteiger partial charge in [0.1, 0.15) is 4.47 Å². The first-order valence-corrected chi connectivity index (χ1v) is 6.50. The lowest BCUT2D eigenvalue weighted by Gasteiger charge is -2.05. The summed E-state index contributed by atoms with van der Waals surface area (Å²) < 4.78 is 2.11. The first kappa shape index (κ1) is 12.8. The molecule has 0 aliphatic heterocycles. The smallest absolute Gasteiger partial charge is 0.267 e. The van der Waals surface area contributed by atoms with Gasteiger partial charge >= 0.3 is 0 Å². The summed E-state index contributed by atoms with van der Waals surface area (Å²) in [5.41, 5.74) is 7.58. The van der Waals surface area contributed by atoms with E-state index < -0.39 is 0 Å². The van der Waals surface area contributed by atoms with Crippen molar-refractivity contribution in [1.29, 1.82) is 0 Å². The molecule has 5 heteroatoms. The Bertz CT molecular complexity index is 578. The largest absolute Gasteiger partial charge is 0.399 e. The first-order valence-electron chi connectivity index (χ1n) is 5.71. The lowest BCUT2D eigenvalue weighted by atomic mass is 10.1. The molecule has 1 heterocycles. The molecule has 1 aromatic carbocycles. The Morgan fingerprint density at radius 2 is 2.00 bits per heavy atom. The summed E-state index contributed by atoms with van der Waals surface area (Å²) in [5, 5.41) is 0. The number of hydrogen-bond donors (Lipinski definition) is 1. The minimum atomic E-state index is -0.0395. The number of rotatable bonds is 4. The van der Waals surface area contributed by atoms with Crippen LogP contribution >= 0.6 is 15.9 Å². The maximum atomic E-state index is 11.7. The van der Waals surface area contributed by atoms with E-state index in [4.69, 9.17) is 5.73 Å². The van der Waals surface area contributed by atoms with Crippen molar-refractivity contribution in [2.45, 2.75) is 19.4 Å². The lowest BCUT2D eigenvalue weighted by Crippen LogP contribution is -2.20. The van der Waals surface area contributed by atoms with Gasteiger partial charge in [-0.3, -0.25) is 9.36 Å². The van der Waals surface area contributed by atoms with E-state index in [1.807, 2.05) is 24.3 Å². The maximum Gasteiger partial charge on any atom is 0.267 e. The molecule has 4 nitrogen and oxygen atoms in total. The molecule has 2 N–H and O–H groups in total. The predicted molar refractivity (Wildman–Crippen MR) is 75.4 cm³/mol. The summed E-state index contributed by atoms with van der Waals surface area (Å²) in [6.07, 6.45) is 4.88. The second kappa shape index (κ2) is 5.82.